The van der Waals surface area contributed by atoms with Gasteiger partial charge in [-0.15, -0.1) is 0 Å². The molecule has 4 heteroatoms. The lowest BCUT2D eigenvalue weighted by molar-refractivity contribution is -0.129. The highest BCUT2D eigenvalue weighted by atomic mass is 16.5. The van der Waals surface area contributed by atoms with Crippen molar-refractivity contribution in [2.75, 3.05) is 0 Å². The largest absolute Gasteiger partial charge is 0.291 e. The average molecular weight is 228 g/mol. The molecule has 0 aliphatic carbocycles. The lowest BCUT2D eigenvalue weighted by Gasteiger charge is -2.01. The van der Waals surface area contributed by atoms with Gasteiger partial charge < -0.3 is 0 Å². The Morgan fingerprint density at radius 3 is 1.94 bits per heavy atom. The van der Waals surface area contributed by atoms with Crippen LogP contribution in [0.3, 0.4) is 0 Å². The molecule has 0 fully saturated rings. The highest BCUT2D eigenvalue weighted by molar-refractivity contribution is 5.74. The monoisotopic (exact) mass is 228 g/mol. The normalized spacial score (nSPS) is 10.1. The first-order valence-electron chi connectivity index (χ1n) is 6.09. The van der Waals surface area contributed by atoms with Gasteiger partial charge in [0.15, 0.2) is 6.29 Å². The van der Waals surface area contributed by atoms with Crippen molar-refractivity contribution in [1.29, 1.82) is 0 Å². The van der Waals surface area contributed by atoms with Crippen molar-refractivity contribution in [3.05, 3.63) is 0 Å². The van der Waals surface area contributed by atoms with Gasteiger partial charge in [0.25, 0.3) is 0 Å². The zero-order chi connectivity index (χ0) is 12.1. The van der Waals surface area contributed by atoms with Crippen molar-refractivity contribution in [2.45, 2.75) is 64.2 Å². The standard InChI is InChI=1S/C12H22NO3/c14-11-9-7-5-3-1-2-4-6-8-10-12(15)13-16/h16H,1-10H2,(H,13,15). The molecule has 1 radical (unpaired) electrons. The second-order valence-corrected chi connectivity index (χ2v) is 4.01. The van der Waals surface area contributed by atoms with Crippen LogP contribution in [-0.4, -0.2) is 17.4 Å². The van der Waals surface area contributed by atoms with Gasteiger partial charge in [0.1, 0.15) is 0 Å². The summed E-state index contributed by atoms with van der Waals surface area (Å²) < 4.78 is 0. The number of hydrogen-bond donors (Lipinski definition) is 2. The van der Waals surface area contributed by atoms with Crippen molar-refractivity contribution in [3.8, 4) is 0 Å². The number of hydrogen-bond acceptors (Lipinski definition) is 3. The number of nitrogens with one attached hydrogen (secondary N) is 1. The second kappa shape index (κ2) is 12.2. The number of hydroxylamine groups is 1. The number of carbonyl (C=O) groups excluding carboxylic acids is 2. The summed E-state index contributed by atoms with van der Waals surface area (Å²) >= 11 is 0. The van der Waals surface area contributed by atoms with Gasteiger partial charge in [-0.3, -0.25) is 14.8 Å². The zero-order valence-corrected chi connectivity index (χ0v) is 9.83. The Kier molecular flexibility index (Phi) is 11.5. The topological polar surface area (TPSA) is 66.4 Å². The molecule has 2 N–H and O–H groups in total. The smallest absolute Gasteiger partial charge is 0.243 e. The van der Waals surface area contributed by atoms with Crippen LogP contribution >= 0.6 is 0 Å². The van der Waals surface area contributed by atoms with E-state index in [9.17, 15) is 9.59 Å². The highest BCUT2D eigenvalue weighted by Gasteiger charge is 1.98. The molecule has 0 aromatic heterocycles. The molecule has 0 spiro atoms. The van der Waals surface area contributed by atoms with E-state index in [1.807, 2.05) is 6.29 Å². The van der Waals surface area contributed by atoms with Gasteiger partial charge in [-0.1, -0.05) is 38.5 Å². The van der Waals surface area contributed by atoms with Crippen molar-refractivity contribution < 1.29 is 14.8 Å². The van der Waals surface area contributed by atoms with E-state index in [1.54, 1.807) is 5.48 Å². The summed E-state index contributed by atoms with van der Waals surface area (Å²) in [7, 11) is 0. The van der Waals surface area contributed by atoms with Crippen LogP contribution in [0.25, 0.3) is 0 Å². The van der Waals surface area contributed by atoms with Crippen LogP contribution < -0.4 is 5.48 Å². The van der Waals surface area contributed by atoms with Crippen molar-refractivity contribution in [2.24, 2.45) is 0 Å². The predicted octanol–water partition coefficient (Wildman–Crippen LogP) is 2.50. The van der Waals surface area contributed by atoms with Gasteiger partial charge in [0.05, 0.1) is 0 Å². The fraction of sp³-hybridized carbons (Fsp3) is 0.833. The summed E-state index contributed by atoms with van der Waals surface area (Å²) in [6.45, 7) is 0. The van der Waals surface area contributed by atoms with E-state index in [2.05, 4.69) is 0 Å². The molecular weight excluding hydrogens is 206 g/mol. The minimum absolute atomic E-state index is 0.301. The third-order valence-corrected chi connectivity index (χ3v) is 2.56. The maximum Gasteiger partial charge on any atom is 0.243 e. The van der Waals surface area contributed by atoms with E-state index in [4.69, 9.17) is 5.21 Å². The Morgan fingerprint density at radius 2 is 1.44 bits per heavy atom. The number of amides is 1. The average Bonchev–Trinajstić information content (AvgIpc) is 2.31. The molecule has 1 amide bonds. The number of carbonyl (C=O) groups is 1. The van der Waals surface area contributed by atoms with E-state index in [0.29, 0.717) is 12.8 Å². The fourth-order valence-corrected chi connectivity index (χ4v) is 1.60. The highest BCUT2D eigenvalue weighted by Crippen LogP contribution is 2.10. The van der Waals surface area contributed by atoms with E-state index in [0.717, 1.165) is 32.1 Å². The lowest BCUT2D eigenvalue weighted by Crippen LogP contribution is -2.17. The maximum absolute atomic E-state index is 10.7. The molecule has 0 saturated heterocycles. The summed E-state index contributed by atoms with van der Waals surface area (Å²) in [5, 5.41) is 8.25. The van der Waals surface area contributed by atoms with E-state index in [1.165, 1.54) is 19.3 Å². The van der Waals surface area contributed by atoms with Gasteiger partial charge in [-0.05, 0) is 12.8 Å². The summed E-state index contributed by atoms with van der Waals surface area (Å²) in [6, 6.07) is 0. The summed E-state index contributed by atoms with van der Waals surface area (Å²) in [5.41, 5.74) is 1.63. The summed E-state index contributed by atoms with van der Waals surface area (Å²) in [5.74, 6) is -0.301. The molecule has 16 heavy (non-hydrogen) atoms. The van der Waals surface area contributed by atoms with Crippen LogP contribution in [0.5, 0.6) is 0 Å². The van der Waals surface area contributed by atoms with Gasteiger partial charge in [0, 0.05) is 12.8 Å². The SMILES string of the molecule is O=[C]CCCCCCCCCCC(=O)NO. The zero-order valence-electron chi connectivity index (χ0n) is 9.83. The van der Waals surface area contributed by atoms with Crippen LogP contribution in [0.2, 0.25) is 0 Å². The Morgan fingerprint density at radius 1 is 0.938 bits per heavy atom. The minimum atomic E-state index is -0.301. The molecular formula is C12H22NO3. The first kappa shape index (κ1) is 15.1. The molecule has 0 bridgehead atoms. The van der Waals surface area contributed by atoms with Crippen LogP contribution in [0.4, 0.5) is 0 Å². The molecule has 0 aliphatic heterocycles. The van der Waals surface area contributed by atoms with E-state index in [-0.39, 0.29) is 5.91 Å². The molecule has 0 saturated carbocycles. The molecule has 4 nitrogen and oxygen atoms in total. The number of rotatable bonds is 11. The summed E-state index contributed by atoms with van der Waals surface area (Å²) in [6.07, 6.45) is 11.5. The third-order valence-electron chi connectivity index (χ3n) is 2.56. The van der Waals surface area contributed by atoms with Crippen LogP contribution in [0.1, 0.15) is 64.2 Å². The fourth-order valence-electron chi connectivity index (χ4n) is 1.60. The molecule has 0 rings (SSSR count). The molecule has 0 aromatic rings. The van der Waals surface area contributed by atoms with Crippen LogP contribution in [0, 0.1) is 0 Å². The van der Waals surface area contributed by atoms with Crippen molar-refractivity contribution in [1.82, 2.24) is 5.48 Å². The minimum Gasteiger partial charge on any atom is -0.291 e. The molecule has 0 unspecified atom stereocenters. The Balaban J connectivity index is 2.98. The third kappa shape index (κ3) is 11.2. The van der Waals surface area contributed by atoms with Gasteiger partial charge >= 0.3 is 0 Å². The predicted molar refractivity (Wildman–Crippen MR) is 61.8 cm³/mol. The molecule has 0 aliphatic rings. The van der Waals surface area contributed by atoms with Crippen molar-refractivity contribution in [3.63, 3.8) is 0 Å². The quantitative estimate of drug-likeness (QED) is 0.324. The van der Waals surface area contributed by atoms with Gasteiger partial charge in [-0.2, -0.15) is 0 Å². The Labute approximate surface area is 97.4 Å². The van der Waals surface area contributed by atoms with Gasteiger partial charge in [-0.25, -0.2) is 5.48 Å². The Bertz CT molecular complexity index is 183. The van der Waals surface area contributed by atoms with Crippen LogP contribution in [0.15, 0.2) is 0 Å². The van der Waals surface area contributed by atoms with E-state index >= 15 is 0 Å². The molecule has 0 heterocycles. The maximum atomic E-state index is 10.7. The lowest BCUT2D eigenvalue weighted by atomic mass is 10.1. The van der Waals surface area contributed by atoms with Crippen molar-refractivity contribution >= 4 is 12.2 Å². The first-order valence-corrected chi connectivity index (χ1v) is 6.09. The van der Waals surface area contributed by atoms with Crippen LogP contribution in [-0.2, 0) is 9.59 Å². The Hall–Kier alpha value is -0.900. The first-order chi connectivity index (χ1) is 7.81. The molecule has 0 atom stereocenters. The number of unbranched alkanes of at least 4 members (excludes halogenated alkanes) is 8. The van der Waals surface area contributed by atoms with Gasteiger partial charge in [0.2, 0.25) is 5.91 Å². The van der Waals surface area contributed by atoms with E-state index < -0.39 is 0 Å². The molecule has 0 aromatic carbocycles. The molecule has 93 valence electrons. The second-order valence-electron chi connectivity index (χ2n) is 4.01. The summed E-state index contributed by atoms with van der Waals surface area (Å²) in [4.78, 5) is 20.6.